The van der Waals surface area contributed by atoms with Crippen molar-refractivity contribution in [1.29, 1.82) is 0 Å². The van der Waals surface area contributed by atoms with Crippen molar-refractivity contribution in [3.05, 3.63) is 70.8 Å². The first kappa shape index (κ1) is 27.4. The second-order valence-corrected chi connectivity index (χ2v) is 10.2. The quantitative estimate of drug-likeness (QED) is 0.466. The topological polar surface area (TPSA) is 35.6 Å². The van der Waals surface area contributed by atoms with E-state index in [1.54, 1.807) is 12.1 Å². The molecule has 2 fully saturated rings. The van der Waals surface area contributed by atoms with Crippen molar-refractivity contribution < 1.29 is 31.1 Å². The molecular formula is C27H31F6N3O. The van der Waals surface area contributed by atoms with Crippen molar-refractivity contribution in [2.45, 2.75) is 63.1 Å². The number of hydrogen-bond acceptors (Lipinski definition) is 3. The van der Waals surface area contributed by atoms with Crippen molar-refractivity contribution in [3.63, 3.8) is 0 Å². The Kier molecular flexibility index (Phi) is 7.90. The predicted octanol–water partition coefficient (Wildman–Crippen LogP) is 6.03. The van der Waals surface area contributed by atoms with Crippen LogP contribution in [0.25, 0.3) is 0 Å². The summed E-state index contributed by atoms with van der Waals surface area (Å²) in [4.78, 5) is 17.9. The van der Waals surface area contributed by atoms with Gasteiger partial charge in [0.25, 0.3) is 0 Å². The van der Waals surface area contributed by atoms with E-state index in [4.69, 9.17) is 0 Å². The Hall–Kier alpha value is -2.59. The van der Waals surface area contributed by atoms with Crippen LogP contribution in [0, 0.1) is 0 Å². The fourth-order valence-electron chi connectivity index (χ4n) is 5.41. The molecule has 2 heterocycles. The summed E-state index contributed by atoms with van der Waals surface area (Å²) in [5.41, 5.74) is -2.28. The van der Waals surface area contributed by atoms with Crippen LogP contribution < -0.4 is 5.32 Å². The lowest BCUT2D eigenvalue weighted by Crippen LogP contribution is -2.54. The zero-order valence-corrected chi connectivity index (χ0v) is 20.6. The molecule has 4 rings (SSSR count). The summed E-state index contributed by atoms with van der Waals surface area (Å²) in [5, 5.41) is 2.60. The zero-order chi connectivity index (χ0) is 26.8. The Labute approximate surface area is 212 Å². The number of likely N-dealkylation sites (tertiary alicyclic amines) is 2. The van der Waals surface area contributed by atoms with Gasteiger partial charge in [0.1, 0.15) is 6.04 Å². The summed E-state index contributed by atoms with van der Waals surface area (Å²) < 4.78 is 79.4. The van der Waals surface area contributed by atoms with Gasteiger partial charge in [0.05, 0.1) is 11.1 Å². The standard InChI is InChI=1S/C27H31F6N3O/c1-25(36-11-5-6-12-36)9-13-35(14-10-25)23(20-7-3-2-4-8-20)24(37)34-18-19-15-21(26(28,29)30)17-22(16-19)27(31,32)33/h2-4,7-8,15-17,23H,5-6,9-14,18H2,1H3,(H,34,37). The van der Waals surface area contributed by atoms with Crippen LogP contribution >= 0.6 is 0 Å². The minimum absolute atomic E-state index is 0.0523. The third-order valence-electron chi connectivity index (χ3n) is 7.59. The molecule has 0 saturated carbocycles. The van der Waals surface area contributed by atoms with Crippen LogP contribution in [0.2, 0.25) is 0 Å². The lowest BCUT2D eigenvalue weighted by Gasteiger charge is -2.47. The van der Waals surface area contributed by atoms with Gasteiger partial charge in [-0.15, -0.1) is 0 Å². The lowest BCUT2D eigenvalue weighted by atomic mass is 9.86. The summed E-state index contributed by atoms with van der Waals surface area (Å²) in [6.07, 6.45) is -5.79. The highest BCUT2D eigenvalue weighted by molar-refractivity contribution is 5.83. The zero-order valence-electron chi connectivity index (χ0n) is 20.6. The van der Waals surface area contributed by atoms with E-state index >= 15 is 0 Å². The Morgan fingerprint density at radius 1 is 0.892 bits per heavy atom. The van der Waals surface area contributed by atoms with Crippen LogP contribution in [0.5, 0.6) is 0 Å². The Bertz CT molecular complexity index is 1040. The molecule has 0 radical (unpaired) electrons. The van der Waals surface area contributed by atoms with Crippen LogP contribution in [0.3, 0.4) is 0 Å². The van der Waals surface area contributed by atoms with Crippen molar-refractivity contribution in [1.82, 2.24) is 15.1 Å². The van der Waals surface area contributed by atoms with E-state index in [9.17, 15) is 31.1 Å². The first-order valence-electron chi connectivity index (χ1n) is 12.5. The van der Waals surface area contributed by atoms with Gasteiger partial charge in [-0.3, -0.25) is 14.6 Å². The number of carbonyl (C=O) groups excluding carboxylic acids is 1. The largest absolute Gasteiger partial charge is 0.416 e. The average Bonchev–Trinajstić information content (AvgIpc) is 3.40. The molecule has 1 atom stereocenters. The van der Waals surface area contributed by atoms with Crippen LogP contribution in [-0.2, 0) is 23.7 Å². The molecule has 0 bridgehead atoms. The van der Waals surface area contributed by atoms with Gasteiger partial charge in [0, 0.05) is 25.2 Å². The van der Waals surface area contributed by atoms with Crippen molar-refractivity contribution >= 4 is 5.91 Å². The molecule has 1 amide bonds. The number of halogens is 6. The molecule has 202 valence electrons. The summed E-state index contributed by atoms with van der Waals surface area (Å²) in [6, 6.07) is 9.73. The molecular weight excluding hydrogens is 496 g/mol. The molecule has 2 saturated heterocycles. The predicted molar refractivity (Wildman–Crippen MR) is 127 cm³/mol. The second kappa shape index (κ2) is 10.6. The van der Waals surface area contributed by atoms with Crippen molar-refractivity contribution in [2.75, 3.05) is 26.2 Å². The highest BCUT2D eigenvalue weighted by atomic mass is 19.4. The maximum absolute atomic E-state index is 13.4. The summed E-state index contributed by atoms with van der Waals surface area (Å²) in [7, 11) is 0. The molecule has 2 aliphatic rings. The number of amides is 1. The Balaban J connectivity index is 1.52. The van der Waals surface area contributed by atoms with E-state index in [1.807, 2.05) is 18.2 Å². The maximum atomic E-state index is 13.4. The van der Waals surface area contributed by atoms with Crippen LogP contribution in [0.1, 0.15) is 60.9 Å². The Morgan fingerprint density at radius 2 is 1.43 bits per heavy atom. The van der Waals surface area contributed by atoms with Gasteiger partial charge in [-0.1, -0.05) is 30.3 Å². The van der Waals surface area contributed by atoms with E-state index in [0.29, 0.717) is 25.2 Å². The summed E-state index contributed by atoms with van der Waals surface area (Å²) >= 11 is 0. The third-order valence-corrected chi connectivity index (χ3v) is 7.59. The van der Waals surface area contributed by atoms with E-state index in [0.717, 1.165) is 31.5 Å². The smallest absolute Gasteiger partial charge is 0.350 e. The second-order valence-electron chi connectivity index (χ2n) is 10.2. The molecule has 2 aliphatic heterocycles. The van der Waals surface area contributed by atoms with Gasteiger partial charge in [0.2, 0.25) is 5.91 Å². The molecule has 10 heteroatoms. The number of rotatable bonds is 6. The van der Waals surface area contributed by atoms with Gasteiger partial charge < -0.3 is 5.32 Å². The summed E-state index contributed by atoms with van der Waals surface area (Å²) in [6.45, 7) is 5.24. The number of nitrogens with one attached hydrogen (secondary N) is 1. The fourth-order valence-corrected chi connectivity index (χ4v) is 5.41. The number of benzene rings is 2. The molecule has 1 N–H and O–H groups in total. The molecule has 37 heavy (non-hydrogen) atoms. The normalized spacial score (nSPS) is 20.1. The number of carbonyl (C=O) groups is 1. The maximum Gasteiger partial charge on any atom is 0.416 e. The first-order valence-corrected chi connectivity index (χ1v) is 12.5. The molecule has 4 nitrogen and oxygen atoms in total. The molecule has 2 aromatic rings. The highest BCUT2D eigenvalue weighted by Gasteiger charge is 2.40. The first-order chi connectivity index (χ1) is 17.4. The molecule has 0 aromatic heterocycles. The van der Waals surface area contributed by atoms with E-state index in [2.05, 4.69) is 22.0 Å². The van der Waals surface area contributed by atoms with Crippen molar-refractivity contribution in [2.24, 2.45) is 0 Å². The van der Waals surface area contributed by atoms with E-state index in [1.165, 1.54) is 12.8 Å². The van der Waals surface area contributed by atoms with Gasteiger partial charge in [-0.2, -0.15) is 26.3 Å². The van der Waals surface area contributed by atoms with Crippen molar-refractivity contribution in [3.8, 4) is 0 Å². The highest BCUT2D eigenvalue weighted by Crippen LogP contribution is 2.37. The third kappa shape index (κ3) is 6.46. The van der Waals surface area contributed by atoms with Crippen LogP contribution in [0.15, 0.2) is 48.5 Å². The molecule has 0 aliphatic carbocycles. The number of alkyl halides is 6. The van der Waals surface area contributed by atoms with Gasteiger partial charge in [-0.05, 0) is 75.0 Å². The molecule has 2 aromatic carbocycles. The lowest BCUT2D eigenvalue weighted by molar-refractivity contribution is -0.143. The molecule has 1 unspecified atom stereocenters. The number of hydrogen-bond donors (Lipinski definition) is 1. The van der Waals surface area contributed by atoms with Gasteiger partial charge >= 0.3 is 12.4 Å². The van der Waals surface area contributed by atoms with Crippen LogP contribution in [-0.4, -0.2) is 47.4 Å². The summed E-state index contributed by atoms with van der Waals surface area (Å²) in [5.74, 6) is -0.457. The number of nitrogens with zero attached hydrogens (tertiary/aromatic N) is 2. The fraction of sp³-hybridized carbons (Fsp3) is 0.519. The molecule has 0 spiro atoms. The Morgan fingerprint density at radius 3 is 1.95 bits per heavy atom. The average molecular weight is 528 g/mol. The monoisotopic (exact) mass is 527 g/mol. The van der Waals surface area contributed by atoms with Gasteiger partial charge in [-0.25, -0.2) is 0 Å². The van der Waals surface area contributed by atoms with Gasteiger partial charge in [0.15, 0.2) is 0 Å². The van der Waals surface area contributed by atoms with Crippen LogP contribution in [0.4, 0.5) is 26.3 Å². The minimum atomic E-state index is -4.94. The van der Waals surface area contributed by atoms with E-state index in [-0.39, 0.29) is 17.2 Å². The number of piperidine rings is 1. The SMILES string of the molecule is CC1(N2CCCC2)CCN(C(C(=O)NCc2cc(C(F)(F)F)cc(C(F)(F)F)c2)c2ccccc2)CC1. The minimum Gasteiger partial charge on any atom is -0.350 e. The van der Waals surface area contributed by atoms with E-state index < -0.39 is 42.0 Å².